The van der Waals surface area contributed by atoms with Crippen LogP contribution in [0.25, 0.3) is 0 Å². The summed E-state index contributed by atoms with van der Waals surface area (Å²) in [5.74, 6) is 0.335. The van der Waals surface area contributed by atoms with Crippen molar-refractivity contribution in [2.45, 2.75) is 0 Å². The van der Waals surface area contributed by atoms with Gasteiger partial charge >= 0.3 is 0 Å². The lowest BCUT2D eigenvalue weighted by atomic mass is 10.1. The number of hydrogen-bond donors (Lipinski definition) is 1. The summed E-state index contributed by atoms with van der Waals surface area (Å²) in [6.07, 6.45) is 8.15. The molecule has 0 radical (unpaired) electrons. The third-order valence-corrected chi connectivity index (χ3v) is 2.36. The molecule has 0 aliphatic heterocycles. The molecule has 1 aromatic carbocycles. The molecular weight excluding hydrogens is 186 g/mol. The molecule has 0 unspecified atom stereocenters. The van der Waals surface area contributed by atoms with Crippen molar-refractivity contribution in [1.82, 2.24) is 5.32 Å². The Morgan fingerprint density at radius 1 is 1.13 bits per heavy atom. The summed E-state index contributed by atoms with van der Waals surface area (Å²) >= 11 is 0. The summed E-state index contributed by atoms with van der Waals surface area (Å²) in [6, 6.07) is 9.26. The first-order valence-corrected chi connectivity index (χ1v) is 5.04. The molecular formula is C13H13NO. The molecule has 0 saturated carbocycles. The average molecular weight is 199 g/mol. The van der Waals surface area contributed by atoms with E-state index >= 15 is 0 Å². The average Bonchev–Trinajstić information content (AvgIpc) is 2.80. The second-order valence-electron chi connectivity index (χ2n) is 3.51. The zero-order valence-corrected chi connectivity index (χ0v) is 8.39. The molecule has 0 saturated heterocycles. The molecule has 1 amide bonds. The number of allylic oxidation sites excluding steroid dienone is 2. The van der Waals surface area contributed by atoms with Crippen molar-refractivity contribution < 1.29 is 4.79 Å². The predicted octanol–water partition coefficient (Wildman–Crippen LogP) is 2.16. The van der Waals surface area contributed by atoms with Gasteiger partial charge < -0.3 is 5.32 Å². The molecule has 0 atom stereocenters. The van der Waals surface area contributed by atoms with Crippen LogP contribution in [0.2, 0.25) is 0 Å². The van der Waals surface area contributed by atoms with Gasteiger partial charge in [0.1, 0.15) is 0 Å². The van der Waals surface area contributed by atoms with Gasteiger partial charge in [-0.25, -0.2) is 0 Å². The summed E-state index contributed by atoms with van der Waals surface area (Å²) in [5, 5.41) is 2.90. The van der Waals surface area contributed by atoms with Gasteiger partial charge in [-0.3, -0.25) is 4.79 Å². The van der Waals surface area contributed by atoms with Crippen molar-refractivity contribution in [2.75, 3.05) is 6.54 Å². The largest absolute Gasteiger partial charge is 0.351 e. The minimum absolute atomic E-state index is 0.00991. The highest BCUT2D eigenvalue weighted by Crippen LogP contribution is 2.07. The number of carbonyl (C=O) groups is 1. The van der Waals surface area contributed by atoms with Crippen molar-refractivity contribution in [3.05, 3.63) is 60.2 Å². The summed E-state index contributed by atoms with van der Waals surface area (Å²) in [6.45, 7) is 0.667. The lowest BCUT2D eigenvalue weighted by molar-refractivity contribution is 0.0951. The molecule has 2 heteroatoms. The summed E-state index contributed by atoms with van der Waals surface area (Å²) in [5.41, 5.74) is 0.712. The first-order valence-electron chi connectivity index (χ1n) is 5.04. The molecule has 2 nitrogen and oxygen atoms in total. The van der Waals surface area contributed by atoms with E-state index in [1.807, 2.05) is 42.5 Å². The molecule has 1 aliphatic rings. The second-order valence-corrected chi connectivity index (χ2v) is 3.51. The highest BCUT2D eigenvalue weighted by atomic mass is 16.1. The minimum Gasteiger partial charge on any atom is -0.351 e. The highest BCUT2D eigenvalue weighted by molar-refractivity contribution is 5.94. The van der Waals surface area contributed by atoms with Crippen LogP contribution in [-0.4, -0.2) is 12.5 Å². The van der Waals surface area contributed by atoms with Crippen molar-refractivity contribution in [1.29, 1.82) is 0 Å². The maximum Gasteiger partial charge on any atom is 0.251 e. The van der Waals surface area contributed by atoms with E-state index in [0.717, 1.165) is 0 Å². The fourth-order valence-electron chi connectivity index (χ4n) is 1.52. The number of hydrogen-bond acceptors (Lipinski definition) is 1. The molecule has 0 spiro atoms. The summed E-state index contributed by atoms with van der Waals surface area (Å²) < 4.78 is 0. The van der Waals surface area contributed by atoms with Crippen LogP contribution < -0.4 is 5.32 Å². The standard InChI is InChI=1S/C13H13NO/c15-13(12-8-2-1-3-9-12)14-10-11-6-4-5-7-11/h1-9,11H,10H2,(H,14,15). The van der Waals surface area contributed by atoms with E-state index in [1.54, 1.807) is 0 Å². The van der Waals surface area contributed by atoms with E-state index in [-0.39, 0.29) is 5.91 Å². The summed E-state index contributed by atoms with van der Waals surface area (Å²) in [4.78, 5) is 11.6. The highest BCUT2D eigenvalue weighted by Gasteiger charge is 2.07. The van der Waals surface area contributed by atoms with Crippen molar-refractivity contribution in [3.8, 4) is 0 Å². The second kappa shape index (κ2) is 4.60. The number of benzene rings is 1. The monoisotopic (exact) mass is 199 g/mol. The molecule has 1 N–H and O–H groups in total. The Morgan fingerprint density at radius 3 is 2.47 bits per heavy atom. The molecule has 0 bridgehead atoms. The van der Waals surface area contributed by atoms with Crippen molar-refractivity contribution >= 4 is 5.91 Å². The topological polar surface area (TPSA) is 29.1 Å². The van der Waals surface area contributed by atoms with Crippen LogP contribution in [0.15, 0.2) is 54.6 Å². The third-order valence-electron chi connectivity index (χ3n) is 2.36. The Balaban J connectivity index is 1.88. The van der Waals surface area contributed by atoms with Crippen LogP contribution in [0, 0.1) is 5.92 Å². The number of amides is 1. The van der Waals surface area contributed by atoms with E-state index in [2.05, 4.69) is 17.5 Å². The normalized spacial score (nSPS) is 14.4. The smallest absolute Gasteiger partial charge is 0.251 e. The maximum absolute atomic E-state index is 11.6. The van der Waals surface area contributed by atoms with E-state index in [4.69, 9.17) is 0 Å². The molecule has 0 heterocycles. The number of rotatable bonds is 3. The van der Waals surface area contributed by atoms with E-state index in [1.165, 1.54) is 0 Å². The minimum atomic E-state index is -0.00991. The van der Waals surface area contributed by atoms with Gasteiger partial charge in [-0.2, -0.15) is 0 Å². The van der Waals surface area contributed by atoms with Gasteiger partial charge in [0.25, 0.3) is 5.91 Å². The van der Waals surface area contributed by atoms with Crippen LogP contribution in [-0.2, 0) is 0 Å². The fourth-order valence-corrected chi connectivity index (χ4v) is 1.52. The van der Waals surface area contributed by atoms with Gasteiger partial charge in [0.2, 0.25) is 0 Å². The number of carbonyl (C=O) groups excluding carboxylic acids is 1. The molecule has 2 rings (SSSR count). The Kier molecular flexibility index (Phi) is 2.98. The van der Waals surface area contributed by atoms with Crippen LogP contribution in [0.4, 0.5) is 0 Å². The molecule has 76 valence electrons. The Bertz CT molecular complexity index is 380. The van der Waals surface area contributed by atoms with Crippen LogP contribution >= 0.6 is 0 Å². The van der Waals surface area contributed by atoms with Gasteiger partial charge in [-0.1, -0.05) is 42.5 Å². The van der Waals surface area contributed by atoms with E-state index in [0.29, 0.717) is 18.0 Å². The van der Waals surface area contributed by atoms with Crippen molar-refractivity contribution in [3.63, 3.8) is 0 Å². The van der Waals surface area contributed by atoms with Crippen LogP contribution in [0.1, 0.15) is 10.4 Å². The zero-order valence-electron chi connectivity index (χ0n) is 8.39. The van der Waals surface area contributed by atoms with Gasteiger partial charge in [0.15, 0.2) is 0 Å². The van der Waals surface area contributed by atoms with Crippen LogP contribution in [0.5, 0.6) is 0 Å². The number of nitrogens with one attached hydrogen (secondary N) is 1. The SMILES string of the molecule is O=C(NCC1C=CC=C1)c1ccccc1. The summed E-state index contributed by atoms with van der Waals surface area (Å²) in [7, 11) is 0. The maximum atomic E-state index is 11.6. The van der Waals surface area contributed by atoms with Gasteiger partial charge in [-0.05, 0) is 12.1 Å². The van der Waals surface area contributed by atoms with Crippen molar-refractivity contribution in [2.24, 2.45) is 5.92 Å². The van der Waals surface area contributed by atoms with Gasteiger partial charge in [0.05, 0.1) is 0 Å². The lowest BCUT2D eigenvalue weighted by Crippen LogP contribution is -2.27. The van der Waals surface area contributed by atoms with Gasteiger partial charge in [0, 0.05) is 18.0 Å². The van der Waals surface area contributed by atoms with Crippen LogP contribution in [0.3, 0.4) is 0 Å². The third kappa shape index (κ3) is 2.56. The predicted molar refractivity (Wildman–Crippen MR) is 60.5 cm³/mol. The lowest BCUT2D eigenvalue weighted by Gasteiger charge is -2.07. The molecule has 15 heavy (non-hydrogen) atoms. The fraction of sp³-hybridized carbons (Fsp3) is 0.154. The Labute approximate surface area is 89.3 Å². The molecule has 0 fully saturated rings. The quantitative estimate of drug-likeness (QED) is 0.794. The zero-order chi connectivity index (χ0) is 10.5. The Morgan fingerprint density at radius 2 is 1.80 bits per heavy atom. The molecule has 1 aromatic rings. The molecule has 0 aromatic heterocycles. The van der Waals surface area contributed by atoms with E-state index < -0.39 is 0 Å². The molecule has 1 aliphatic carbocycles. The first kappa shape index (κ1) is 9.71. The Hall–Kier alpha value is -1.83. The van der Waals surface area contributed by atoms with Gasteiger partial charge in [-0.15, -0.1) is 0 Å². The van der Waals surface area contributed by atoms with E-state index in [9.17, 15) is 4.79 Å². The first-order chi connectivity index (χ1) is 7.36.